The van der Waals surface area contributed by atoms with Crippen LogP contribution in [0, 0.1) is 5.41 Å². The fraction of sp³-hybridized carbons (Fsp3) is 0.462. The molecule has 0 aliphatic carbocycles. The Labute approximate surface area is 106 Å². The van der Waals surface area contributed by atoms with Gasteiger partial charge in [0, 0.05) is 25.3 Å². The van der Waals surface area contributed by atoms with E-state index in [0.29, 0.717) is 18.0 Å². The van der Waals surface area contributed by atoms with Crippen molar-refractivity contribution in [3.8, 4) is 11.5 Å². The smallest absolute Gasteiger partial charge is 0.233 e. The molecule has 2 N–H and O–H groups in total. The van der Waals surface area contributed by atoms with Crippen LogP contribution in [0.4, 0.5) is 5.69 Å². The van der Waals surface area contributed by atoms with Gasteiger partial charge in [-0.15, -0.1) is 0 Å². The molecule has 0 fully saturated rings. The van der Waals surface area contributed by atoms with E-state index in [1.807, 2.05) is 19.9 Å². The first-order chi connectivity index (χ1) is 8.45. The number of hydrogen-bond donors (Lipinski definition) is 1. The van der Waals surface area contributed by atoms with Gasteiger partial charge >= 0.3 is 0 Å². The summed E-state index contributed by atoms with van der Waals surface area (Å²) in [7, 11) is 1.73. The van der Waals surface area contributed by atoms with Crippen molar-refractivity contribution in [2.75, 3.05) is 25.3 Å². The van der Waals surface area contributed by atoms with E-state index in [-0.39, 0.29) is 12.7 Å². The monoisotopic (exact) mass is 250 g/mol. The summed E-state index contributed by atoms with van der Waals surface area (Å²) < 4.78 is 10.5. The summed E-state index contributed by atoms with van der Waals surface area (Å²) in [5.74, 6) is 1.35. The lowest BCUT2D eigenvalue weighted by Crippen LogP contribution is -2.42. The van der Waals surface area contributed by atoms with Crippen LogP contribution in [-0.4, -0.2) is 26.3 Å². The number of nitrogens with zero attached hydrogens (tertiary/aromatic N) is 1. The Morgan fingerprint density at radius 2 is 2.06 bits per heavy atom. The molecule has 0 bridgehead atoms. The highest BCUT2D eigenvalue weighted by Gasteiger charge is 2.30. The van der Waals surface area contributed by atoms with Gasteiger partial charge in [0.1, 0.15) is 0 Å². The van der Waals surface area contributed by atoms with Gasteiger partial charge in [-0.3, -0.25) is 4.79 Å². The number of carbonyl (C=O) groups is 1. The zero-order chi connectivity index (χ0) is 13.3. The second-order valence-corrected chi connectivity index (χ2v) is 4.99. The van der Waals surface area contributed by atoms with Crippen LogP contribution >= 0.6 is 0 Å². The Balaban J connectivity index is 2.24. The topological polar surface area (TPSA) is 64.8 Å². The summed E-state index contributed by atoms with van der Waals surface area (Å²) in [6, 6.07) is 5.43. The number of ether oxygens (including phenoxy) is 2. The van der Waals surface area contributed by atoms with E-state index in [4.69, 9.17) is 15.2 Å². The van der Waals surface area contributed by atoms with E-state index in [9.17, 15) is 4.79 Å². The van der Waals surface area contributed by atoms with Gasteiger partial charge in [-0.2, -0.15) is 0 Å². The third-order valence-electron chi connectivity index (χ3n) is 3.14. The fourth-order valence-corrected chi connectivity index (χ4v) is 1.75. The molecule has 2 rings (SSSR count). The van der Waals surface area contributed by atoms with Crippen LogP contribution in [0.15, 0.2) is 18.2 Å². The first-order valence-electron chi connectivity index (χ1n) is 5.83. The molecule has 1 aromatic carbocycles. The summed E-state index contributed by atoms with van der Waals surface area (Å²) >= 11 is 0. The Bertz CT molecular complexity index is 471. The zero-order valence-electron chi connectivity index (χ0n) is 10.9. The average molecular weight is 250 g/mol. The van der Waals surface area contributed by atoms with Crippen molar-refractivity contribution in [1.29, 1.82) is 0 Å². The zero-order valence-corrected chi connectivity index (χ0v) is 10.9. The fourth-order valence-electron chi connectivity index (χ4n) is 1.75. The highest BCUT2D eigenvalue weighted by Crippen LogP contribution is 2.35. The van der Waals surface area contributed by atoms with Crippen molar-refractivity contribution < 1.29 is 14.3 Å². The largest absolute Gasteiger partial charge is 0.454 e. The third kappa shape index (κ3) is 2.13. The molecule has 0 saturated heterocycles. The number of amides is 1. The van der Waals surface area contributed by atoms with Gasteiger partial charge in [0.15, 0.2) is 11.5 Å². The number of nitrogens with two attached hydrogens (primary N) is 1. The van der Waals surface area contributed by atoms with Crippen LogP contribution < -0.4 is 20.1 Å². The molecule has 0 unspecified atom stereocenters. The molecule has 1 heterocycles. The van der Waals surface area contributed by atoms with E-state index >= 15 is 0 Å². The quantitative estimate of drug-likeness (QED) is 0.879. The van der Waals surface area contributed by atoms with Crippen molar-refractivity contribution in [2.45, 2.75) is 13.8 Å². The molecule has 98 valence electrons. The molecule has 0 radical (unpaired) electrons. The van der Waals surface area contributed by atoms with Crippen molar-refractivity contribution in [2.24, 2.45) is 11.1 Å². The Morgan fingerprint density at radius 1 is 1.39 bits per heavy atom. The lowest BCUT2D eigenvalue weighted by molar-refractivity contribution is -0.125. The molecule has 1 aliphatic heterocycles. The van der Waals surface area contributed by atoms with Gasteiger partial charge < -0.3 is 20.1 Å². The molecule has 1 aromatic rings. The standard InChI is InChI=1S/C13H18N2O3/c1-13(2,7-14)12(16)15(3)9-4-5-10-11(6-9)18-8-17-10/h4-6H,7-8,14H2,1-3H3. The number of anilines is 1. The van der Waals surface area contributed by atoms with E-state index in [1.165, 1.54) is 0 Å². The molecule has 0 atom stereocenters. The highest BCUT2D eigenvalue weighted by atomic mass is 16.7. The summed E-state index contributed by atoms with van der Waals surface area (Å²) in [6.07, 6.45) is 0. The van der Waals surface area contributed by atoms with Gasteiger partial charge in [-0.25, -0.2) is 0 Å². The number of carbonyl (C=O) groups excluding carboxylic acids is 1. The number of fused-ring (bicyclic) bond motifs is 1. The lowest BCUT2D eigenvalue weighted by atomic mass is 9.92. The molecule has 18 heavy (non-hydrogen) atoms. The van der Waals surface area contributed by atoms with Crippen LogP contribution in [0.1, 0.15) is 13.8 Å². The molecular formula is C13H18N2O3. The summed E-state index contributed by atoms with van der Waals surface area (Å²) in [6.45, 7) is 4.20. The van der Waals surface area contributed by atoms with Crippen molar-refractivity contribution in [3.63, 3.8) is 0 Å². The predicted octanol–water partition coefficient (Wildman–Crippen LogP) is 1.36. The van der Waals surface area contributed by atoms with Gasteiger partial charge in [0.05, 0.1) is 5.41 Å². The van der Waals surface area contributed by atoms with Crippen LogP contribution in [0.25, 0.3) is 0 Å². The SMILES string of the molecule is CN(C(=O)C(C)(C)CN)c1ccc2c(c1)OCO2. The minimum absolute atomic E-state index is 0.0242. The van der Waals surface area contributed by atoms with Crippen LogP contribution in [-0.2, 0) is 4.79 Å². The molecule has 5 heteroatoms. The maximum atomic E-state index is 12.3. The van der Waals surface area contributed by atoms with E-state index in [0.717, 1.165) is 5.69 Å². The van der Waals surface area contributed by atoms with E-state index in [2.05, 4.69) is 0 Å². The molecule has 5 nitrogen and oxygen atoms in total. The first-order valence-corrected chi connectivity index (χ1v) is 5.83. The molecule has 0 aromatic heterocycles. The Morgan fingerprint density at radius 3 is 2.72 bits per heavy atom. The molecule has 0 spiro atoms. The number of benzene rings is 1. The number of hydrogen-bond acceptors (Lipinski definition) is 4. The van der Waals surface area contributed by atoms with Gasteiger partial charge in [-0.05, 0) is 26.0 Å². The predicted molar refractivity (Wildman–Crippen MR) is 68.8 cm³/mol. The van der Waals surface area contributed by atoms with Gasteiger partial charge in [-0.1, -0.05) is 0 Å². The maximum absolute atomic E-state index is 12.3. The number of rotatable bonds is 3. The summed E-state index contributed by atoms with van der Waals surface area (Å²) in [5.41, 5.74) is 5.81. The second-order valence-electron chi connectivity index (χ2n) is 4.99. The lowest BCUT2D eigenvalue weighted by Gasteiger charge is -2.28. The Hall–Kier alpha value is -1.75. The summed E-state index contributed by atoms with van der Waals surface area (Å²) in [5, 5.41) is 0. The highest BCUT2D eigenvalue weighted by molar-refractivity contribution is 5.97. The minimum Gasteiger partial charge on any atom is -0.454 e. The normalized spacial score (nSPS) is 13.6. The summed E-state index contributed by atoms with van der Waals surface area (Å²) in [4.78, 5) is 13.9. The Kier molecular flexibility index (Phi) is 3.17. The van der Waals surface area contributed by atoms with Crippen molar-refractivity contribution in [1.82, 2.24) is 0 Å². The van der Waals surface area contributed by atoms with Crippen molar-refractivity contribution in [3.05, 3.63) is 18.2 Å². The second kappa shape index (κ2) is 4.49. The first kappa shape index (κ1) is 12.7. The van der Waals surface area contributed by atoms with Gasteiger partial charge in [0.2, 0.25) is 12.7 Å². The molecule has 0 saturated carbocycles. The van der Waals surface area contributed by atoms with E-state index < -0.39 is 5.41 Å². The average Bonchev–Trinajstić information content (AvgIpc) is 2.84. The minimum atomic E-state index is -0.578. The molecular weight excluding hydrogens is 232 g/mol. The molecule has 1 aliphatic rings. The van der Waals surface area contributed by atoms with Crippen molar-refractivity contribution >= 4 is 11.6 Å². The van der Waals surface area contributed by atoms with Crippen LogP contribution in [0.5, 0.6) is 11.5 Å². The molecule has 1 amide bonds. The van der Waals surface area contributed by atoms with Crippen LogP contribution in [0.3, 0.4) is 0 Å². The third-order valence-corrected chi connectivity index (χ3v) is 3.14. The van der Waals surface area contributed by atoms with E-state index in [1.54, 1.807) is 24.1 Å². The maximum Gasteiger partial charge on any atom is 0.233 e. The van der Waals surface area contributed by atoms with Crippen LogP contribution in [0.2, 0.25) is 0 Å². The van der Waals surface area contributed by atoms with Gasteiger partial charge in [0.25, 0.3) is 0 Å².